The summed E-state index contributed by atoms with van der Waals surface area (Å²) in [6.07, 6.45) is 6.24. The van der Waals surface area contributed by atoms with Crippen LogP contribution in [-0.4, -0.2) is 26.8 Å². The molecule has 1 heterocycles. The molecule has 0 atom stereocenters. The van der Waals surface area contributed by atoms with Gasteiger partial charge in [0.2, 0.25) is 0 Å². The van der Waals surface area contributed by atoms with Crippen LogP contribution in [0.1, 0.15) is 13.3 Å². The molecule has 0 bridgehead atoms. The van der Waals surface area contributed by atoms with E-state index < -0.39 is 0 Å². The molecule has 1 aromatic carbocycles. The first-order valence-electron chi connectivity index (χ1n) is 5.78. The summed E-state index contributed by atoms with van der Waals surface area (Å²) in [5.74, 6) is 3.98. The molecule has 0 saturated carbocycles. The topological polar surface area (TPSA) is 52.8 Å². The third-order valence-corrected chi connectivity index (χ3v) is 2.34. The highest BCUT2D eigenvalue weighted by Crippen LogP contribution is 2.21. The zero-order valence-electron chi connectivity index (χ0n) is 10.2. The van der Waals surface area contributed by atoms with E-state index >= 15 is 0 Å². The van der Waals surface area contributed by atoms with Crippen molar-refractivity contribution in [1.29, 1.82) is 0 Å². The molecule has 92 valence electrons. The van der Waals surface area contributed by atoms with Crippen LogP contribution < -0.4 is 4.74 Å². The minimum atomic E-state index is 0.350. The van der Waals surface area contributed by atoms with Gasteiger partial charge in [0, 0.05) is 5.56 Å². The average molecular weight is 242 g/mol. The number of hydrogen-bond acceptors (Lipinski definition) is 4. The predicted molar refractivity (Wildman–Crippen MR) is 67.9 cm³/mol. The van der Waals surface area contributed by atoms with Gasteiger partial charge in [0.25, 0.3) is 0 Å². The quantitative estimate of drug-likeness (QED) is 0.750. The molecule has 0 aliphatic carbocycles. The standard InChI is InChI=1S/C13H14N4O/c1-3-8-17-13(14-15-16-17)11-6-5-7-12(10-11)18-9-4-2/h1,5-7,10H,4,8-9H2,2H3. The molecule has 18 heavy (non-hydrogen) atoms. The fourth-order valence-corrected chi connectivity index (χ4v) is 1.55. The summed E-state index contributed by atoms with van der Waals surface area (Å²) in [6.45, 7) is 3.11. The summed E-state index contributed by atoms with van der Waals surface area (Å²) in [6, 6.07) is 7.66. The van der Waals surface area contributed by atoms with Crippen LogP contribution >= 0.6 is 0 Å². The molecule has 2 aromatic rings. The Bertz CT molecular complexity index is 556. The van der Waals surface area contributed by atoms with E-state index in [4.69, 9.17) is 11.2 Å². The molecule has 5 nitrogen and oxygen atoms in total. The lowest BCUT2D eigenvalue weighted by Gasteiger charge is -2.06. The Labute approximate surface area is 106 Å². The highest BCUT2D eigenvalue weighted by molar-refractivity contribution is 5.57. The molecular formula is C13H14N4O. The van der Waals surface area contributed by atoms with Crippen LogP contribution in [0, 0.1) is 12.3 Å². The molecule has 0 saturated heterocycles. The van der Waals surface area contributed by atoms with E-state index in [1.165, 1.54) is 0 Å². The number of rotatable bonds is 5. The van der Waals surface area contributed by atoms with Gasteiger partial charge in [-0.1, -0.05) is 25.0 Å². The van der Waals surface area contributed by atoms with Crippen LogP contribution in [0.4, 0.5) is 0 Å². The number of benzene rings is 1. The lowest BCUT2D eigenvalue weighted by Crippen LogP contribution is -2.01. The van der Waals surface area contributed by atoms with Crippen molar-refractivity contribution in [2.75, 3.05) is 6.61 Å². The fraction of sp³-hybridized carbons (Fsp3) is 0.308. The van der Waals surface area contributed by atoms with Crippen molar-refractivity contribution < 1.29 is 4.74 Å². The van der Waals surface area contributed by atoms with Crippen molar-refractivity contribution >= 4 is 0 Å². The molecule has 0 fully saturated rings. The Morgan fingerprint density at radius 3 is 3.11 bits per heavy atom. The van der Waals surface area contributed by atoms with Crippen LogP contribution in [-0.2, 0) is 6.54 Å². The second-order valence-electron chi connectivity index (χ2n) is 3.74. The number of tetrazole rings is 1. The normalized spacial score (nSPS) is 10.0. The summed E-state index contributed by atoms with van der Waals surface area (Å²) in [5, 5.41) is 11.5. The molecule has 0 amide bonds. The summed E-state index contributed by atoms with van der Waals surface area (Å²) in [5.41, 5.74) is 0.892. The number of hydrogen-bond donors (Lipinski definition) is 0. The fourth-order valence-electron chi connectivity index (χ4n) is 1.55. The number of aromatic nitrogens is 4. The van der Waals surface area contributed by atoms with Crippen molar-refractivity contribution in [3.05, 3.63) is 24.3 Å². The predicted octanol–water partition coefficient (Wildman–Crippen LogP) is 1.76. The first-order valence-corrected chi connectivity index (χ1v) is 5.78. The van der Waals surface area contributed by atoms with Gasteiger partial charge in [0.05, 0.1) is 6.61 Å². The van der Waals surface area contributed by atoms with E-state index in [0.29, 0.717) is 19.0 Å². The first-order chi connectivity index (χ1) is 8.85. The Balaban J connectivity index is 2.27. The van der Waals surface area contributed by atoms with E-state index in [2.05, 4.69) is 28.4 Å². The highest BCUT2D eigenvalue weighted by Gasteiger charge is 2.08. The number of ether oxygens (including phenoxy) is 1. The zero-order valence-corrected chi connectivity index (χ0v) is 10.2. The summed E-state index contributed by atoms with van der Waals surface area (Å²) in [7, 11) is 0. The molecule has 0 aliphatic heterocycles. The summed E-state index contributed by atoms with van der Waals surface area (Å²) < 4.78 is 7.16. The Morgan fingerprint density at radius 2 is 2.33 bits per heavy atom. The van der Waals surface area contributed by atoms with Gasteiger partial charge in [-0.3, -0.25) is 0 Å². The van der Waals surface area contributed by atoms with Gasteiger partial charge >= 0.3 is 0 Å². The molecule has 0 unspecified atom stereocenters. The maximum atomic E-state index is 5.58. The number of terminal acetylenes is 1. The van der Waals surface area contributed by atoms with Crippen LogP contribution in [0.25, 0.3) is 11.4 Å². The third kappa shape index (κ3) is 2.66. The minimum Gasteiger partial charge on any atom is -0.494 e. The minimum absolute atomic E-state index is 0.350. The molecule has 0 aliphatic rings. The van der Waals surface area contributed by atoms with Crippen molar-refractivity contribution in [3.8, 4) is 29.5 Å². The van der Waals surface area contributed by atoms with Gasteiger partial charge in [-0.15, -0.1) is 11.5 Å². The van der Waals surface area contributed by atoms with Crippen molar-refractivity contribution in [2.45, 2.75) is 19.9 Å². The van der Waals surface area contributed by atoms with Gasteiger partial charge < -0.3 is 4.74 Å². The van der Waals surface area contributed by atoms with Gasteiger partial charge in [-0.25, -0.2) is 4.68 Å². The maximum absolute atomic E-state index is 5.58. The second-order valence-corrected chi connectivity index (χ2v) is 3.74. The van der Waals surface area contributed by atoms with E-state index in [-0.39, 0.29) is 0 Å². The lowest BCUT2D eigenvalue weighted by atomic mass is 10.2. The van der Waals surface area contributed by atoms with Gasteiger partial charge in [-0.2, -0.15) is 0 Å². The Kier molecular flexibility index (Phi) is 3.92. The molecule has 1 aromatic heterocycles. The molecule has 5 heteroatoms. The SMILES string of the molecule is C#CCn1nnnc1-c1cccc(OCCC)c1. The van der Waals surface area contributed by atoms with Crippen molar-refractivity contribution in [3.63, 3.8) is 0 Å². The van der Waals surface area contributed by atoms with E-state index in [1.807, 2.05) is 24.3 Å². The summed E-state index contributed by atoms with van der Waals surface area (Å²) in [4.78, 5) is 0. The first kappa shape index (κ1) is 12.1. The van der Waals surface area contributed by atoms with Gasteiger partial charge in [-0.05, 0) is 29.0 Å². The zero-order chi connectivity index (χ0) is 12.8. The van der Waals surface area contributed by atoms with E-state index in [9.17, 15) is 0 Å². The largest absolute Gasteiger partial charge is 0.494 e. The second kappa shape index (κ2) is 5.82. The van der Waals surface area contributed by atoms with Crippen molar-refractivity contribution in [1.82, 2.24) is 20.2 Å². The van der Waals surface area contributed by atoms with Crippen LogP contribution in [0.2, 0.25) is 0 Å². The molecule has 0 radical (unpaired) electrons. The molecular weight excluding hydrogens is 228 g/mol. The Hall–Kier alpha value is -2.35. The van der Waals surface area contributed by atoms with Crippen LogP contribution in [0.15, 0.2) is 24.3 Å². The van der Waals surface area contributed by atoms with Gasteiger partial charge in [0.1, 0.15) is 12.3 Å². The monoisotopic (exact) mass is 242 g/mol. The third-order valence-electron chi connectivity index (χ3n) is 2.34. The van der Waals surface area contributed by atoms with E-state index in [1.54, 1.807) is 4.68 Å². The van der Waals surface area contributed by atoms with Crippen LogP contribution in [0.3, 0.4) is 0 Å². The van der Waals surface area contributed by atoms with E-state index in [0.717, 1.165) is 17.7 Å². The van der Waals surface area contributed by atoms with Gasteiger partial charge in [0.15, 0.2) is 5.82 Å². The molecule has 0 spiro atoms. The van der Waals surface area contributed by atoms with Crippen LogP contribution in [0.5, 0.6) is 5.75 Å². The Morgan fingerprint density at radius 1 is 1.44 bits per heavy atom. The average Bonchev–Trinajstić information content (AvgIpc) is 2.85. The highest BCUT2D eigenvalue weighted by atomic mass is 16.5. The lowest BCUT2D eigenvalue weighted by molar-refractivity contribution is 0.317. The molecule has 2 rings (SSSR count). The molecule has 0 N–H and O–H groups in total. The number of nitrogens with zero attached hydrogens (tertiary/aromatic N) is 4. The smallest absolute Gasteiger partial charge is 0.183 e. The summed E-state index contributed by atoms with van der Waals surface area (Å²) >= 11 is 0. The van der Waals surface area contributed by atoms with Crippen molar-refractivity contribution in [2.24, 2.45) is 0 Å². The maximum Gasteiger partial charge on any atom is 0.183 e.